The molecule has 0 aliphatic heterocycles. The highest BCUT2D eigenvalue weighted by molar-refractivity contribution is 6.63. The SMILES string of the molecule is C[SiH2]O[SiH](C)O[SiH](C)O[SiH2]C. The molecule has 0 radical (unpaired) electrons. The van der Waals surface area contributed by atoms with Gasteiger partial charge in [-0.2, -0.15) is 0 Å². The van der Waals surface area contributed by atoms with Gasteiger partial charge in [0.05, 0.1) is 0 Å². The Morgan fingerprint density at radius 3 is 1.55 bits per heavy atom. The largest absolute Gasteiger partial charge is 0.444 e. The summed E-state index contributed by atoms with van der Waals surface area (Å²) in [4.78, 5) is 0. The Hall–Kier alpha value is 0.748. The Kier molecular flexibility index (Phi) is 7.90. The Balaban J connectivity index is 3.32. The summed E-state index contributed by atoms with van der Waals surface area (Å²) in [6.45, 7) is 8.43. The number of hydrogen-bond acceptors (Lipinski definition) is 3. The number of rotatable bonds is 6. The molecule has 0 saturated carbocycles. The van der Waals surface area contributed by atoms with Crippen molar-refractivity contribution in [2.45, 2.75) is 26.2 Å². The van der Waals surface area contributed by atoms with E-state index in [2.05, 4.69) is 26.2 Å². The van der Waals surface area contributed by atoms with Gasteiger partial charge < -0.3 is 12.3 Å². The van der Waals surface area contributed by atoms with E-state index in [4.69, 9.17) is 12.3 Å². The van der Waals surface area contributed by atoms with Crippen LogP contribution in [0.5, 0.6) is 0 Å². The molecule has 2 atom stereocenters. The topological polar surface area (TPSA) is 27.7 Å². The predicted molar refractivity (Wildman–Crippen MR) is 58.1 cm³/mol. The maximum absolute atomic E-state index is 5.63. The van der Waals surface area contributed by atoms with Gasteiger partial charge in [-0.05, 0) is 13.1 Å². The fourth-order valence-corrected chi connectivity index (χ4v) is 8.77. The lowest BCUT2D eigenvalue weighted by Gasteiger charge is -2.16. The first-order valence-electron chi connectivity index (χ1n) is 4.09. The van der Waals surface area contributed by atoms with Crippen LogP contribution in [0.25, 0.3) is 0 Å². The quantitative estimate of drug-likeness (QED) is 0.544. The normalized spacial score (nSPS) is 18.5. The van der Waals surface area contributed by atoms with E-state index < -0.39 is 18.6 Å². The van der Waals surface area contributed by atoms with Gasteiger partial charge in [0.25, 0.3) is 18.6 Å². The molecule has 0 aliphatic carbocycles. The van der Waals surface area contributed by atoms with Crippen molar-refractivity contribution in [3.63, 3.8) is 0 Å². The molecule has 0 heterocycles. The fraction of sp³-hybridized carbons (Fsp3) is 1.00. The van der Waals surface area contributed by atoms with Crippen molar-refractivity contribution in [1.82, 2.24) is 0 Å². The highest BCUT2D eigenvalue weighted by Gasteiger charge is 2.10. The molecule has 0 fully saturated rings. The second-order valence-corrected chi connectivity index (χ2v) is 9.36. The summed E-state index contributed by atoms with van der Waals surface area (Å²) in [5.41, 5.74) is 0. The summed E-state index contributed by atoms with van der Waals surface area (Å²) < 4.78 is 16.6. The molecule has 0 aromatic rings. The van der Waals surface area contributed by atoms with Crippen LogP contribution in [-0.2, 0) is 12.3 Å². The second-order valence-electron chi connectivity index (χ2n) is 2.18. The van der Waals surface area contributed by atoms with E-state index in [9.17, 15) is 0 Å². The lowest BCUT2D eigenvalue weighted by molar-refractivity contribution is 0.394. The lowest BCUT2D eigenvalue weighted by Crippen LogP contribution is -2.30. The van der Waals surface area contributed by atoms with Gasteiger partial charge in [0.1, 0.15) is 19.5 Å². The summed E-state index contributed by atoms with van der Waals surface area (Å²) >= 11 is 0. The van der Waals surface area contributed by atoms with E-state index in [-0.39, 0.29) is 19.5 Å². The summed E-state index contributed by atoms with van der Waals surface area (Å²) in [5, 5.41) is 0. The second kappa shape index (κ2) is 7.40. The van der Waals surface area contributed by atoms with Crippen LogP contribution in [0.2, 0.25) is 26.2 Å². The van der Waals surface area contributed by atoms with Gasteiger partial charge in [0, 0.05) is 0 Å². The summed E-state index contributed by atoms with van der Waals surface area (Å²) in [6.07, 6.45) is 0. The van der Waals surface area contributed by atoms with Crippen LogP contribution in [0.15, 0.2) is 0 Å². The summed E-state index contributed by atoms with van der Waals surface area (Å²) in [5.74, 6) is 0. The zero-order valence-corrected chi connectivity index (χ0v) is 12.9. The fourth-order valence-electron chi connectivity index (χ4n) is 0.818. The predicted octanol–water partition coefficient (Wildman–Crippen LogP) is -0.999. The van der Waals surface area contributed by atoms with E-state index >= 15 is 0 Å². The van der Waals surface area contributed by atoms with Crippen LogP contribution in [0.1, 0.15) is 0 Å². The first-order valence-corrected chi connectivity index (χ1v) is 12.3. The van der Waals surface area contributed by atoms with Crippen LogP contribution in [0, 0.1) is 0 Å². The summed E-state index contributed by atoms with van der Waals surface area (Å²) in [7, 11) is -3.09. The molecule has 0 aliphatic rings. The van der Waals surface area contributed by atoms with E-state index in [0.29, 0.717) is 0 Å². The molecule has 0 saturated heterocycles. The average Bonchev–Trinajstić information content (AvgIpc) is 1.87. The minimum atomic E-state index is -1.27. The third-order valence-corrected chi connectivity index (χ3v) is 10.7. The Morgan fingerprint density at radius 1 is 0.909 bits per heavy atom. The molecule has 0 bridgehead atoms. The highest BCUT2D eigenvalue weighted by Crippen LogP contribution is 1.93. The maximum atomic E-state index is 5.63. The zero-order valence-electron chi connectivity index (χ0n) is 7.79. The molecule has 0 aromatic carbocycles. The minimum absolute atomic E-state index is 0.276. The highest BCUT2D eigenvalue weighted by atomic mass is 28.4. The minimum Gasteiger partial charge on any atom is -0.444 e. The molecule has 0 aromatic heterocycles. The van der Waals surface area contributed by atoms with Crippen LogP contribution < -0.4 is 0 Å². The van der Waals surface area contributed by atoms with Crippen molar-refractivity contribution in [2.75, 3.05) is 0 Å². The van der Waals surface area contributed by atoms with Crippen LogP contribution in [-0.4, -0.2) is 38.1 Å². The molecule has 0 amide bonds. The molecule has 0 spiro atoms. The molecule has 7 heteroatoms. The monoisotopic (exact) mass is 226 g/mol. The first kappa shape index (κ1) is 11.7. The molecular weight excluding hydrogens is 208 g/mol. The van der Waals surface area contributed by atoms with Gasteiger partial charge in [-0.15, -0.1) is 0 Å². The van der Waals surface area contributed by atoms with E-state index in [1.54, 1.807) is 0 Å². The average molecular weight is 227 g/mol. The standard InChI is InChI=1S/C4H18O3Si4/c1-8-5-10(3)7-11(4)6-9-2/h10-11H,8-9H2,1-4H3. The van der Waals surface area contributed by atoms with Crippen molar-refractivity contribution in [3.8, 4) is 0 Å². The number of hydrogen-bond donors (Lipinski definition) is 0. The van der Waals surface area contributed by atoms with Gasteiger partial charge in [-0.25, -0.2) is 0 Å². The third kappa shape index (κ3) is 7.12. The molecule has 11 heavy (non-hydrogen) atoms. The van der Waals surface area contributed by atoms with E-state index in [0.717, 1.165) is 0 Å². The lowest BCUT2D eigenvalue weighted by atomic mass is 11.9. The Bertz CT molecular complexity index is 83.4. The van der Waals surface area contributed by atoms with Gasteiger partial charge in [0.2, 0.25) is 0 Å². The Labute approximate surface area is 77.0 Å². The Morgan fingerprint density at radius 2 is 1.27 bits per heavy atom. The van der Waals surface area contributed by atoms with Crippen molar-refractivity contribution in [2.24, 2.45) is 0 Å². The molecule has 0 N–H and O–H groups in total. The molecule has 68 valence electrons. The molecule has 2 unspecified atom stereocenters. The van der Waals surface area contributed by atoms with Crippen molar-refractivity contribution < 1.29 is 12.3 Å². The van der Waals surface area contributed by atoms with Gasteiger partial charge >= 0.3 is 0 Å². The smallest absolute Gasteiger partial charge is 0.298 e. The van der Waals surface area contributed by atoms with E-state index in [1.807, 2.05) is 0 Å². The van der Waals surface area contributed by atoms with E-state index in [1.165, 1.54) is 0 Å². The van der Waals surface area contributed by atoms with Crippen molar-refractivity contribution in [1.29, 1.82) is 0 Å². The maximum Gasteiger partial charge on any atom is 0.298 e. The zero-order chi connectivity index (χ0) is 8.69. The first-order chi connectivity index (χ1) is 5.20. The van der Waals surface area contributed by atoms with Crippen LogP contribution in [0.3, 0.4) is 0 Å². The molecular formula is C4H18O3Si4. The molecule has 0 rings (SSSR count). The van der Waals surface area contributed by atoms with Crippen LogP contribution in [0.4, 0.5) is 0 Å². The van der Waals surface area contributed by atoms with Gasteiger partial charge in [0.15, 0.2) is 0 Å². The summed E-state index contributed by atoms with van der Waals surface area (Å²) in [6, 6.07) is 0. The third-order valence-electron chi connectivity index (χ3n) is 1.19. The van der Waals surface area contributed by atoms with Crippen LogP contribution >= 0.6 is 0 Å². The van der Waals surface area contributed by atoms with Crippen molar-refractivity contribution in [3.05, 3.63) is 0 Å². The van der Waals surface area contributed by atoms with Crippen molar-refractivity contribution >= 4 is 38.1 Å². The molecule has 3 nitrogen and oxygen atoms in total. The van der Waals surface area contributed by atoms with Gasteiger partial charge in [-0.3, -0.25) is 0 Å². The van der Waals surface area contributed by atoms with Gasteiger partial charge in [-0.1, -0.05) is 13.1 Å².